The molecule has 1 aromatic carbocycles. The second-order valence-electron chi connectivity index (χ2n) is 7.08. The standard InChI is InChI=1S/C19H31NO/c1-6-7-16-11-19(12-16,13-20-14(2)3)17-10-15(4)8-9-18(17)21-5/h8-10,14,16,20H,6-7,11-13H2,1-5H3. The number of hydrogen-bond donors (Lipinski definition) is 1. The first kappa shape index (κ1) is 16.4. The van der Waals surface area contributed by atoms with E-state index in [1.165, 1.54) is 36.8 Å². The third-order valence-electron chi connectivity index (χ3n) is 4.83. The molecule has 1 fully saturated rings. The van der Waals surface area contributed by atoms with E-state index < -0.39 is 0 Å². The van der Waals surface area contributed by atoms with Gasteiger partial charge in [-0.25, -0.2) is 0 Å². The summed E-state index contributed by atoms with van der Waals surface area (Å²) in [7, 11) is 1.79. The van der Waals surface area contributed by atoms with Gasteiger partial charge in [0.1, 0.15) is 5.75 Å². The number of rotatable bonds is 7. The first-order chi connectivity index (χ1) is 10.0. The second kappa shape index (κ2) is 6.83. The minimum absolute atomic E-state index is 0.265. The third-order valence-corrected chi connectivity index (χ3v) is 4.83. The van der Waals surface area contributed by atoms with Crippen molar-refractivity contribution in [2.45, 2.75) is 64.8 Å². The van der Waals surface area contributed by atoms with E-state index in [0.29, 0.717) is 6.04 Å². The predicted molar refractivity (Wildman–Crippen MR) is 90.2 cm³/mol. The minimum atomic E-state index is 0.265. The number of aryl methyl sites for hydroxylation is 1. The summed E-state index contributed by atoms with van der Waals surface area (Å²) < 4.78 is 5.66. The maximum absolute atomic E-state index is 5.66. The molecule has 1 aromatic rings. The van der Waals surface area contributed by atoms with Crippen LogP contribution in [0.5, 0.6) is 5.75 Å². The first-order valence-electron chi connectivity index (χ1n) is 8.39. The van der Waals surface area contributed by atoms with Crippen LogP contribution in [0.1, 0.15) is 57.6 Å². The Morgan fingerprint density at radius 3 is 2.62 bits per heavy atom. The minimum Gasteiger partial charge on any atom is -0.496 e. The molecule has 0 aromatic heterocycles. The van der Waals surface area contributed by atoms with Gasteiger partial charge in [-0.15, -0.1) is 0 Å². The third kappa shape index (κ3) is 3.60. The molecule has 2 nitrogen and oxygen atoms in total. The zero-order chi connectivity index (χ0) is 15.5. The van der Waals surface area contributed by atoms with E-state index in [1.807, 2.05) is 0 Å². The van der Waals surface area contributed by atoms with E-state index in [1.54, 1.807) is 7.11 Å². The summed E-state index contributed by atoms with van der Waals surface area (Å²) in [6, 6.07) is 7.15. The molecule has 1 N–H and O–H groups in total. The summed E-state index contributed by atoms with van der Waals surface area (Å²) in [5, 5.41) is 3.66. The molecule has 0 aliphatic heterocycles. The van der Waals surface area contributed by atoms with E-state index in [9.17, 15) is 0 Å². The van der Waals surface area contributed by atoms with Crippen molar-refractivity contribution in [3.8, 4) is 5.75 Å². The molecule has 0 saturated heterocycles. The van der Waals surface area contributed by atoms with Gasteiger partial charge < -0.3 is 10.1 Å². The van der Waals surface area contributed by atoms with Crippen LogP contribution in [-0.2, 0) is 5.41 Å². The van der Waals surface area contributed by atoms with Gasteiger partial charge in [-0.3, -0.25) is 0 Å². The van der Waals surface area contributed by atoms with Crippen LogP contribution in [-0.4, -0.2) is 19.7 Å². The topological polar surface area (TPSA) is 21.3 Å². The Labute approximate surface area is 130 Å². The lowest BCUT2D eigenvalue weighted by Gasteiger charge is -2.49. The molecule has 0 spiro atoms. The van der Waals surface area contributed by atoms with Crippen LogP contribution in [0.2, 0.25) is 0 Å². The van der Waals surface area contributed by atoms with Gasteiger partial charge in [-0.2, -0.15) is 0 Å². The van der Waals surface area contributed by atoms with Gasteiger partial charge >= 0.3 is 0 Å². The Morgan fingerprint density at radius 1 is 1.33 bits per heavy atom. The maximum Gasteiger partial charge on any atom is 0.122 e. The summed E-state index contributed by atoms with van der Waals surface area (Å²) in [6.45, 7) is 9.98. The van der Waals surface area contributed by atoms with Crippen molar-refractivity contribution in [2.75, 3.05) is 13.7 Å². The van der Waals surface area contributed by atoms with Crippen LogP contribution in [0.15, 0.2) is 18.2 Å². The highest BCUT2D eigenvalue weighted by molar-refractivity contribution is 5.44. The van der Waals surface area contributed by atoms with Gasteiger partial charge in [0.15, 0.2) is 0 Å². The lowest BCUT2D eigenvalue weighted by molar-refractivity contribution is 0.123. The normalized spacial score (nSPS) is 25.0. The molecular weight excluding hydrogens is 258 g/mol. The van der Waals surface area contributed by atoms with Crippen LogP contribution in [0.4, 0.5) is 0 Å². The molecule has 0 amide bonds. The Hall–Kier alpha value is -1.02. The summed E-state index contributed by atoms with van der Waals surface area (Å²) >= 11 is 0. The molecule has 0 atom stereocenters. The Morgan fingerprint density at radius 2 is 2.05 bits per heavy atom. The van der Waals surface area contributed by atoms with Crippen molar-refractivity contribution in [1.82, 2.24) is 5.32 Å². The average molecular weight is 289 g/mol. The fourth-order valence-corrected chi connectivity index (χ4v) is 3.75. The molecule has 2 heteroatoms. The van der Waals surface area contributed by atoms with Crippen LogP contribution >= 0.6 is 0 Å². The van der Waals surface area contributed by atoms with Crippen molar-refractivity contribution in [3.63, 3.8) is 0 Å². The zero-order valence-corrected chi connectivity index (χ0v) is 14.3. The molecule has 2 rings (SSSR count). The highest BCUT2D eigenvalue weighted by atomic mass is 16.5. The molecule has 0 bridgehead atoms. The van der Waals surface area contributed by atoms with E-state index in [2.05, 4.69) is 51.2 Å². The SMILES string of the molecule is CCCC1CC(CNC(C)C)(c2cc(C)ccc2OC)C1. The van der Waals surface area contributed by atoms with Crippen LogP contribution in [0.25, 0.3) is 0 Å². The van der Waals surface area contributed by atoms with E-state index in [-0.39, 0.29) is 5.41 Å². The van der Waals surface area contributed by atoms with Gasteiger partial charge in [0.2, 0.25) is 0 Å². The summed E-state index contributed by atoms with van der Waals surface area (Å²) in [5.74, 6) is 1.94. The molecule has 1 aliphatic carbocycles. The largest absolute Gasteiger partial charge is 0.496 e. The maximum atomic E-state index is 5.66. The monoisotopic (exact) mass is 289 g/mol. The Bertz CT molecular complexity index is 461. The average Bonchev–Trinajstić information content (AvgIpc) is 2.41. The lowest BCUT2D eigenvalue weighted by atomic mass is 9.57. The smallest absolute Gasteiger partial charge is 0.122 e. The molecule has 1 saturated carbocycles. The van der Waals surface area contributed by atoms with Gasteiger partial charge in [-0.05, 0) is 31.7 Å². The molecule has 118 valence electrons. The van der Waals surface area contributed by atoms with E-state index in [4.69, 9.17) is 4.74 Å². The predicted octanol–water partition coefficient (Wildman–Crippen LogP) is 4.45. The number of ether oxygens (including phenoxy) is 1. The summed E-state index contributed by atoms with van der Waals surface area (Å²) in [5.41, 5.74) is 3.00. The number of benzene rings is 1. The van der Waals surface area contributed by atoms with Crippen molar-refractivity contribution in [3.05, 3.63) is 29.3 Å². The quantitative estimate of drug-likeness (QED) is 0.800. The second-order valence-corrected chi connectivity index (χ2v) is 7.08. The Kier molecular flexibility index (Phi) is 5.32. The van der Waals surface area contributed by atoms with E-state index >= 15 is 0 Å². The fourth-order valence-electron chi connectivity index (χ4n) is 3.75. The Balaban J connectivity index is 2.26. The van der Waals surface area contributed by atoms with Gasteiger partial charge in [0.05, 0.1) is 7.11 Å². The van der Waals surface area contributed by atoms with Crippen molar-refractivity contribution in [2.24, 2.45) is 5.92 Å². The zero-order valence-electron chi connectivity index (χ0n) is 14.3. The fraction of sp³-hybridized carbons (Fsp3) is 0.684. The van der Waals surface area contributed by atoms with Gasteiger partial charge in [-0.1, -0.05) is 51.3 Å². The molecule has 0 heterocycles. The van der Waals surface area contributed by atoms with Crippen molar-refractivity contribution >= 4 is 0 Å². The van der Waals surface area contributed by atoms with Crippen molar-refractivity contribution < 1.29 is 4.74 Å². The summed E-state index contributed by atoms with van der Waals surface area (Å²) in [6.07, 6.45) is 5.24. The van der Waals surface area contributed by atoms with Gasteiger partial charge in [0, 0.05) is 23.6 Å². The number of methoxy groups -OCH3 is 1. The molecule has 21 heavy (non-hydrogen) atoms. The highest BCUT2D eigenvalue weighted by Crippen LogP contribution is 2.51. The lowest BCUT2D eigenvalue weighted by Crippen LogP contribution is -2.50. The summed E-state index contributed by atoms with van der Waals surface area (Å²) in [4.78, 5) is 0. The van der Waals surface area contributed by atoms with Crippen LogP contribution in [0.3, 0.4) is 0 Å². The molecule has 0 radical (unpaired) electrons. The van der Waals surface area contributed by atoms with Gasteiger partial charge in [0.25, 0.3) is 0 Å². The first-order valence-corrected chi connectivity index (χ1v) is 8.39. The molecule has 0 unspecified atom stereocenters. The van der Waals surface area contributed by atoms with Crippen LogP contribution < -0.4 is 10.1 Å². The van der Waals surface area contributed by atoms with Crippen molar-refractivity contribution in [1.29, 1.82) is 0 Å². The van der Waals surface area contributed by atoms with E-state index in [0.717, 1.165) is 18.2 Å². The highest BCUT2D eigenvalue weighted by Gasteiger charge is 2.46. The van der Waals surface area contributed by atoms with Crippen LogP contribution in [0, 0.1) is 12.8 Å². The number of nitrogens with one attached hydrogen (secondary N) is 1. The molecular formula is C19H31NO. The molecule has 1 aliphatic rings. The number of hydrogen-bond acceptors (Lipinski definition) is 2.